The summed E-state index contributed by atoms with van der Waals surface area (Å²) in [7, 11) is 0. The van der Waals surface area contributed by atoms with Gasteiger partial charge < -0.3 is 14.9 Å². The first-order chi connectivity index (χ1) is 15.4. The fourth-order valence-electron chi connectivity index (χ4n) is 10.3. The maximum Gasteiger partial charge on any atom is 0.0713 e. The molecule has 0 radical (unpaired) electrons. The van der Waals surface area contributed by atoms with Gasteiger partial charge in [0.2, 0.25) is 0 Å². The van der Waals surface area contributed by atoms with Crippen LogP contribution in [0, 0.1) is 34.5 Å². The van der Waals surface area contributed by atoms with Crippen molar-refractivity contribution in [1.29, 1.82) is 0 Å². The molecule has 10 atom stereocenters. The Morgan fingerprint density at radius 2 is 1.50 bits per heavy atom. The molecule has 2 saturated heterocycles. The number of nitrogens with zero attached hydrogens (tertiary/aromatic N) is 2. The minimum atomic E-state index is -0.213. The summed E-state index contributed by atoms with van der Waals surface area (Å²) in [5.74, 6) is 2.78. The molecule has 0 amide bonds. The topological polar surface area (TPSA) is 56.2 Å². The molecule has 0 bridgehead atoms. The van der Waals surface area contributed by atoms with Gasteiger partial charge in [-0.1, -0.05) is 13.8 Å². The first-order valence-electron chi connectivity index (χ1n) is 13.9. The molecule has 2 aliphatic heterocycles. The number of hydrogen-bond donors (Lipinski definition) is 2. The molecule has 182 valence electrons. The van der Waals surface area contributed by atoms with Crippen LogP contribution in [0.5, 0.6) is 0 Å². The summed E-state index contributed by atoms with van der Waals surface area (Å²) in [6.45, 7) is 11.1. The fourth-order valence-corrected chi connectivity index (χ4v) is 10.3. The normalized spacial score (nSPS) is 54.8. The Hall–Kier alpha value is -0.200. The van der Waals surface area contributed by atoms with Crippen LogP contribution in [0.3, 0.4) is 0 Å². The van der Waals surface area contributed by atoms with E-state index in [1.165, 1.54) is 58.0 Å². The molecule has 0 aromatic heterocycles. The largest absolute Gasteiger partial charge is 0.393 e. The van der Waals surface area contributed by atoms with Gasteiger partial charge in [0.25, 0.3) is 0 Å². The molecule has 5 unspecified atom stereocenters. The van der Waals surface area contributed by atoms with Crippen LogP contribution in [0.15, 0.2) is 0 Å². The van der Waals surface area contributed by atoms with E-state index in [9.17, 15) is 10.2 Å². The Morgan fingerprint density at radius 1 is 0.781 bits per heavy atom. The number of aliphatic hydroxyl groups is 2. The second kappa shape index (κ2) is 8.19. The Balaban J connectivity index is 1.37. The van der Waals surface area contributed by atoms with E-state index in [1.807, 2.05) is 0 Å². The second-order valence-corrected chi connectivity index (χ2v) is 12.8. The van der Waals surface area contributed by atoms with E-state index >= 15 is 0 Å². The Morgan fingerprint density at radius 3 is 2.25 bits per heavy atom. The van der Waals surface area contributed by atoms with Crippen molar-refractivity contribution in [2.45, 2.75) is 95.9 Å². The van der Waals surface area contributed by atoms with Crippen LogP contribution < -0.4 is 0 Å². The lowest BCUT2D eigenvalue weighted by Crippen LogP contribution is -2.70. The molecule has 4 aliphatic carbocycles. The van der Waals surface area contributed by atoms with Gasteiger partial charge in [-0.15, -0.1) is 0 Å². The minimum Gasteiger partial charge on any atom is -0.393 e. The van der Waals surface area contributed by atoms with Crippen molar-refractivity contribution < 1.29 is 14.9 Å². The summed E-state index contributed by atoms with van der Waals surface area (Å²) in [5, 5.41) is 22.5. The van der Waals surface area contributed by atoms with Crippen LogP contribution in [-0.4, -0.2) is 83.7 Å². The van der Waals surface area contributed by atoms with Crippen LogP contribution in [0.2, 0.25) is 0 Å². The third kappa shape index (κ3) is 3.13. The van der Waals surface area contributed by atoms with Crippen molar-refractivity contribution >= 4 is 0 Å². The number of hydrogen-bond acceptors (Lipinski definition) is 5. The lowest BCUT2D eigenvalue weighted by Gasteiger charge is -2.67. The molecule has 0 spiro atoms. The Kier molecular flexibility index (Phi) is 5.70. The molecule has 5 heteroatoms. The molecule has 0 aromatic rings. The van der Waals surface area contributed by atoms with Crippen molar-refractivity contribution in [3.8, 4) is 0 Å². The molecule has 2 N–H and O–H groups in total. The average Bonchev–Trinajstić information content (AvgIpc) is 3.43. The van der Waals surface area contributed by atoms with E-state index < -0.39 is 0 Å². The predicted molar refractivity (Wildman–Crippen MR) is 125 cm³/mol. The molecule has 4 saturated carbocycles. The van der Waals surface area contributed by atoms with E-state index in [-0.39, 0.29) is 23.0 Å². The number of ether oxygens (including phenoxy) is 1. The highest BCUT2D eigenvalue weighted by atomic mass is 16.5. The van der Waals surface area contributed by atoms with Gasteiger partial charge in [-0.25, -0.2) is 0 Å². The molecule has 0 aromatic carbocycles. The summed E-state index contributed by atoms with van der Waals surface area (Å²) < 4.78 is 5.69. The molecule has 6 rings (SSSR count). The smallest absolute Gasteiger partial charge is 0.0713 e. The van der Waals surface area contributed by atoms with Gasteiger partial charge in [-0.2, -0.15) is 0 Å². The van der Waals surface area contributed by atoms with Gasteiger partial charge in [0.15, 0.2) is 0 Å². The van der Waals surface area contributed by atoms with Gasteiger partial charge in [0, 0.05) is 25.2 Å². The molecular weight excluding hydrogens is 400 g/mol. The summed E-state index contributed by atoms with van der Waals surface area (Å²) in [6, 6.07) is 0.817. The van der Waals surface area contributed by atoms with Gasteiger partial charge in [0.1, 0.15) is 0 Å². The van der Waals surface area contributed by atoms with Crippen molar-refractivity contribution in [2.75, 3.05) is 39.4 Å². The van der Waals surface area contributed by atoms with Crippen LogP contribution >= 0.6 is 0 Å². The van der Waals surface area contributed by atoms with Crippen molar-refractivity contribution in [1.82, 2.24) is 9.80 Å². The SMILES string of the molecule is C[C@]12C(CC[C@@H]3[C@H]1CC[C@]1(C)C(O)CC[C@@H]31)C(N1CCOCC1)C(O)CC2N1CCCC1. The van der Waals surface area contributed by atoms with Crippen molar-refractivity contribution in [2.24, 2.45) is 34.5 Å². The average molecular weight is 447 g/mol. The summed E-state index contributed by atoms with van der Waals surface area (Å²) >= 11 is 0. The third-order valence-corrected chi connectivity index (χ3v) is 11.8. The first-order valence-corrected chi connectivity index (χ1v) is 13.9. The molecule has 6 fully saturated rings. The molecule has 5 nitrogen and oxygen atoms in total. The monoisotopic (exact) mass is 446 g/mol. The van der Waals surface area contributed by atoms with E-state index in [4.69, 9.17) is 4.74 Å². The van der Waals surface area contributed by atoms with Crippen LogP contribution in [0.4, 0.5) is 0 Å². The van der Waals surface area contributed by atoms with Crippen LogP contribution in [-0.2, 0) is 4.74 Å². The number of morpholine rings is 1. The van der Waals surface area contributed by atoms with Crippen LogP contribution in [0.25, 0.3) is 0 Å². The lowest BCUT2D eigenvalue weighted by atomic mass is 9.43. The molecular formula is C27H46N2O3. The number of fused-ring (bicyclic) bond motifs is 5. The number of likely N-dealkylation sites (tertiary alicyclic amines) is 1. The Labute approximate surface area is 194 Å². The fraction of sp³-hybridized carbons (Fsp3) is 1.00. The highest BCUT2D eigenvalue weighted by Crippen LogP contribution is 2.67. The summed E-state index contributed by atoms with van der Waals surface area (Å²) in [5.41, 5.74) is 0.412. The second-order valence-electron chi connectivity index (χ2n) is 12.8. The summed E-state index contributed by atoms with van der Waals surface area (Å²) in [4.78, 5) is 5.38. The standard InChI is InChI=1S/C27H46N2O3/c1-26-10-9-20-18(19(26)7-8-24(26)31)5-6-21-25(29-13-15-32-16-14-29)22(30)17-23(27(20,21)2)28-11-3-4-12-28/h18-25,30-31H,3-17H2,1-2H3/t18-,19-,20+,21?,22?,23?,24?,25?,26-,27+/m0/s1. The van der Waals surface area contributed by atoms with E-state index in [0.717, 1.165) is 51.0 Å². The predicted octanol–water partition coefficient (Wildman–Crippen LogP) is 3.14. The zero-order valence-corrected chi connectivity index (χ0v) is 20.4. The zero-order valence-electron chi connectivity index (χ0n) is 20.4. The minimum absolute atomic E-state index is 0.0948. The van der Waals surface area contributed by atoms with Crippen molar-refractivity contribution in [3.63, 3.8) is 0 Å². The van der Waals surface area contributed by atoms with E-state index in [2.05, 4.69) is 23.6 Å². The maximum absolute atomic E-state index is 11.6. The molecule has 6 aliphatic rings. The third-order valence-electron chi connectivity index (χ3n) is 11.8. The molecule has 32 heavy (non-hydrogen) atoms. The number of aliphatic hydroxyl groups excluding tert-OH is 2. The number of rotatable bonds is 2. The summed E-state index contributed by atoms with van der Waals surface area (Å²) in [6.07, 6.45) is 10.5. The van der Waals surface area contributed by atoms with Gasteiger partial charge >= 0.3 is 0 Å². The van der Waals surface area contributed by atoms with Gasteiger partial charge in [-0.05, 0) is 105 Å². The highest BCUT2D eigenvalue weighted by molar-refractivity contribution is 5.16. The van der Waals surface area contributed by atoms with E-state index in [0.29, 0.717) is 23.9 Å². The van der Waals surface area contributed by atoms with Crippen LogP contribution in [0.1, 0.15) is 71.6 Å². The zero-order chi connectivity index (χ0) is 22.1. The maximum atomic E-state index is 11.6. The molecule has 2 heterocycles. The Bertz CT molecular complexity index is 692. The quantitative estimate of drug-likeness (QED) is 0.683. The lowest BCUT2D eigenvalue weighted by molar-refractivity contribution is -0.197. The van der Waals surface area contributed by atoms with E-state index in [1.54, 1.807) is 0 Å². The van der Waals surface area contributed by atoms with Gasteiger partial charge in [-0.3, -0.25) is 9.80 Å². The van der Waals surface area contributed by atoms with Gasteiger partial charge in [0.05, 0.1) is 25.4 Å². The highest BCUT2D eigenvalue weighted by Gasteiger charge is 2.65. The first kappa shape index (κ1) is 22.3. The van der Waals surface area contributed by atoms with Crippen molar-refractivity contribution in [3.05, 3.63) is 0 Å².